The van der Waals surface area contributed by atoms with Crippen molar-refractivity contribution < 1.29 is 33.4 Å². The van der Waals surface area contributed by atoms with E-state index in [2.05, 4.69) is 25.6 Å². The number of alkyl carbamates (subject to hydrolysis) is 2. The van der Waals surface area contributed by atoms with E-state index in [0.29, 0.717) is 59.8 Å². The average Bonchev–Trinajstić information content (AvgIpc) is 4.16. The van der Waals surface area contributed by atoms with E-state index in [0.717, 1.165) is 47.2 Å². The van der Waals surface area contributed by atoms with E-state index in [4.69, 9.17) is 145 Å². The third kappa shape index (κ3) is 8.91. The number of nitrogens with zero attached hydrogens (tertiary/aromatic N) is 4. The minimum Gasteiger partial charge on any atom is -0.488 e. The summed E-state index contributed by atoms with van der Waals surface area (Å²) < 4.78 is 15.9. The van der Waals surface area contributed by atoms with Gasteiger partial charge in [-0.2, -0.15) is 0 Å². The minimum absolute atomic E-state index is 0.195. The summed E-state index contributed by atoms with van der Waals surface area (Å²) in [7, 11) is 102. The molecule has 3 aromatic carbocycles. The number of likely N-dealkylation sites (tertiary alicyclic amines) is 2. The van der Waals surface area contributed by atoms with Gasteiger partial charge in [0.2, 0.25) is 11.8 Å². The second-order valence-electron chi connectivity index (χ2n) is 20.5. The molecule has 3 aliphatic rings. The first kappa shape index (κ1) is 57.1. The largest absolute Gasteiger partial charge is 0.488 e. The Hall–Kier alpha value is -5.08. The molecule has 15 nitrogen and oxygen atoms in total. The van der Waals surface area contributed by atoms with Crippen molar-refractivity contribution in [3.8, 4) is 28.1 Å². The number of amides is 4. The van der Waals surface area contributed by atoms with Crippen LogP contribution in [0.15, 0.2) is 48.7 Å². The van der Waals surface area contributed by atoms with Gasteiger partial charge in [-0.25, -0.2) is 19.6 Å². The van der Waals surface area contributed by atoms with Crippen molar-refractivity contribution in [3.63, 3.8) is 0 Å². The predicted octanol–water partition coefficient (Wildman–Crippen LogP) is 0.182. The molecule has 6 atom stereocenters. The topological polar surface area (TPSA) is 184 Å². The van der Waals surface area contributed by atoms with Crippen LogP contribution in [0, 0.1) is 0 Å². The van der Waals surface area contributed by atoms with Gasteiger partial charge in [0, 0.05) is 23.0 Å². The molecule has 8 rings (SSSR count). The van der Waals surface area contributed by atoms with E-state index >= 15 is 0 Å². The fourth-order valence-electron chi connectivity index (χ4n) is 11.1. The lowest BCUT2D eigenvalue weighted by atomic mass is 9.11. The lowest BCUT2D eigenvalue weighted by Gasteiger charge is -2.64. The zero-order valence-electron chi connectivity index (χ0n) is 42.3. The highest BCUT2D eigenvalue weighted by Crippen LogP contribution is 2.63. The van der Waals surface area contributed by atoms with Crippen LogP contribution in [0.1, 0.15) is 68.8 Å². The Labute approximate surface area is 463 Å². The number of methoxy groups -OCH3 is 2. The van der Waals surface area contributed by atoms with Crippen molar-refractivity contribution in [1.82, 2.24) is 40.4 Å². The fourth-order valence-corrected chi connectivity index (χ4v) is 11.1. The van der Waals surface area contributed by atoms with Crippen LogP contribution in [0.4, 0.5) is 9.59 Å². The number of imidazole rings is 2. The van der Waals surface area contributed by atoms with E-state index in [-0.39, 0.29) is 6.61 Å². The SMILES string of the molecule is [B]C([B])([B])C([B])(C([B])([B])[B])[C@]([B])(NC(=O)OC)C(=O)N1[C@@H](C)CC[C@H]1c1ncc(-c2ccc3c(c2)COc2cc4c(ccc5[nH]c([C@@H]6CC[C@H](C)N6C(=O)[C@@]([B])(NC(=O)OC)C([B])(C([B])([B])[B])C([B])([B])[B])nc54)cc2-3)[nH]1. The number of hydrogen-bond donors (Lipinski definition) is 4. The van der Waals surface area contributed by atoms with Crippen LogP contribution in [0.3, 0.4) is 0 Å². The molecular weight excluding hydrogens is 938 g/mol. The summed E-state index contributed by atoms with van der Waals surface area (Å²) in [5.74, 6) is -0.701. The Kier molecular flexibility index (Phi) is 14.6. The molecule has 0 unspecified atom stereocenters. The highest BCUT2D eigenvalue weighted by Gasteiger charge is 2.63. The van der Waals surface area contributed by atoms with Crippen LogP contribution in [0.2, 0.25) is 31.1 Å². The van der Waals surface area contributed by atoms with Crippen molar-refractivity contribution >= 4 is 171 Å². The first-order chi connectivity index (χ1) is 35.1. The molecule has 5 aromatic rings. The Morgan fingerprint density at radius 2 is 1.13 bits per heavy atom. The first-order valence-electron chi connectivity index (χ1n) is 23.9. The van der Waals surface area contributed by atoms with Gasteiger partial charge in [0.1, 0.15) is 39.7 Å². The van der Waals surface area contributed by atoms with E-state index in [1.807, 2.05) is 42.5 Å². The Bertz CT molecular complexity index is 3110. The van der Waals surface area contributed by atoms with Gasteiger partial charge in [0.05, 0.1) is 170 Å². The van der Waals surface area contributed by atoms with Crippen LogP contribution in [0.25, 0.3) is 44.2 Å². The van der Waals surface area contributed by atoms with Crippen LogP contribution < -0.4 is 15.4 Å². The van der Waals surface area contributed by atoms with Crippen LogP contribution >= 0.6 is 0 Å². The lowest BCUT2D eigenvalue weighted by Crippen LogP contribution is -2.72. The van der Waals surface area contributed by atoms with Gasteiger partial charge in [-0.3, -0.25) is 9.59 Å². The maximum atomic E-state index is 14.9. The molecule has 0 aliphatic carbocycles. The van der Waals surface area contributed by atoms with Crippen LogP contribution in [-0.2, 0) is 25.7 Å². The standard InChI is InChI=1S/C45H38B16N8O7/c1-18-5-11-28(68(18)34(70)38(46,66-36(72)74-3)40(48,42(50,51)52)43(53,54)55)32-62-16-27(64-32)21-7-9-23-22(13-21)17-76-30-15-24-20(14-25(23)30)8-10-26-31(24)65-33(63-26)29-12-6-19(2)69(29)35(71)39(47,67-37(73)75-4)41(49,44(56,57)58)45(59,60)61/h7-10,13-16,18-19,28-29H,5-6,11-12,17H2,1-4H3,(H,62,64)(H,63,65)(H,66,72)(H,67,73)/t18-,19-,28-,29-,38+,39+/m0/s1. The smallest absolute Gasteiger partial charge is 0.407 e. The number of nitrogens with one attached hydrogen (secondary N) is 4. The zero-order chi connectivity index (χ0) is 56.3. The second kappa shape index (κ2) is 19.4. The van der Waals surface area contributed by atoms with Crippen molar-refractivity contribution in [3.05, 3.63) is 65.9 Å². The van der Waals surface area contributed by atoms with Crippen molar-refractivity contribution in [2.24, 2.45) is 0 Å². The fraction of sp³-hybridized carbons (Fsp3) is 0.467. The molecule has 0 spiro atoms. The summed E-state index contributed by atoms with van der Waals surface area (Å²) in [5, 5.41) is -10.3. The number of aromatic amines is 2. The van der Waals surface area contributed by atoms with E-state index < -0.39 is 90.1 Å². The number of fused-ring (bicyclic) bond motifs is 6. The third-order valence-corrected chi connectivity index (χ3v) is 15.3. The molecule has 348 valence electrons. The summed E-state index contributed by atoms with van der Waals surface area (Å²) in [6, 6.07) is 11.0. The number of hydrogen-bond acceptors (Lipinski definition) is 9. The Balaban J connectivity index is 1.09. The highest BCUT2D eigenvalue weighted by atomic mass is 16.5. The average molecular weight is 976 g/mol. The van der Waals surface area contributed by atoms with Crippen LogP contribution in [0.5, 0.6) is 5.75 Å². The first-order valence-corrected chi connectivity index (χ1v) is 23.9. The summed E-state index contributed by atoms with van der Waals surface area (Å²) in [4.78, 5) is 74.3. The van der Waals surface area contributed by atoms with Gasteiger partial charge < -0.3 is 44.6 Å². The Morgan fingerprint density at radius 1 is 0.632 bits per heavy atom. The summed E-state index contributed by atoms with van der Waals surface area (Å²) >= 11 is 0. The number of H-pyrrole nitrogens is 2. The number of carbonyl (C=O) groups excluding carboxylic acids is 4. The number of aromatic nitrogens is 4. The van der Waals surface area contributed by atoms with Gasteiger partial charge in [0.15, 0.2) is 0 Å². The molecule has 2 fully saturated rings. The van der Waals surface area contributed by atoms with Crippen molar-refractivity contribution in [2.45, 2.75) is 112 Å². The number of benzene rings is 3. The second-order valence-corrected chi connectivity index (χ2v) is 20.5. The van der Waals surface area contributed by atoms with Crippen molar-refractivity contribution in [1.29, 1.82) is 0 Å². The summed E-state index contributed by atoms with van der Waals surface area (Å²) in [6.45, 7) is 3.72. The van der Waals surface area contributed by atoms with Gasteiger partial charge in [-0.1, -0.05) is 28.8 Å². The van der Waals surface area contributed by atoms with Gasteiger partial charge >= 0.3 is 12.2 Å². The molecule has 2 aromatic heterocycles. The molecule has 2 saturated heterocycles. The Morgan fingerprint density at radius 3 is 1.62 bits per heavy atom. The van der Waals surface area contributed by atoms with Gasteiger partial charge in [0.25, 0.3) is 0 Å². The van der Waals surface area contributed by atoms with E-state index in [9.17, 15) is 19.2 Å². The quantitative estimate of drug-likeness (QED) is 0.120. The number of rotatable bonds is 13. The van der Waals surface area contributed by atoms with E-state index in [1.165, 1.54) is 9.80 Å². The lowest BCUT2D eigenvalue weighted by molar-refractivity contribution is -0.140. The summed E-state index contributed by atoms with van der Waals surface area (Å²) in [5.41, 5.74) is -0.522. The molecule has 0 saturated carbocycles. The maximum absolute atomic E-state index is 14.9. The molecule has 3 aliphatic heterocycles. The zero-order valence-corrected chi connectivity index (χ0v) is 42.3. The molecule has 32 radical (unpaired) electrons. The molecular formula is C45H38B16N8O7. The van der Waals surface area contributed by atoms with Crippen LogP contribution in [-0.4, -0.2) is 216 Å². The normalized spacial score (nSPS) is 20.9. The number of carbonyl (C=O) groups is 4. The van der Waals surface area contributed by atoms with Gasteiger partial charge in [-0.05, 0) is 85.9 Å². The number of ether oxygens (including phenoxy) is 3. The molecule has 76 heavy (non-hydrogen) atoms. The molecule has 31 heteroatoms. The molecule has 0 bridgehead atoms. The third-order valence-electron chi connectivity index (χ3n) is 15.3. The minimum atomic E-state index is -2.85. The van der Waals surface area contributed by atoms with Gasteiger partial charge in [-0.15, -0.1) is 20.5 Å². The highest BCUT2D eigenvalue weighted by molar-refractivity contribution is 6.72. The van der Waals surface area contributed by atoms with Crippen molar-refractivity contribution in [2.75, 3.05) is 14.2 Å². The summed E-state index contributed by atoms with van der Waals surface area (Å²) in [6.07, 6.45) is 0.931. The molecule has 4 N–H and O–H groups in total. The molecule has 5 heterocycles. The maximum Gasteiger partial charge on any atom is 0.407 e. The monoisotopic (exact) mass is 978 g/mol. The molecule has 4 amide bonds. The van der Waals surface area contributed by atoms with E-state index in [1.54, 1.807) is 20.0 Å². The predicted molar refractivity (Wildman–Crippen MR) is 302 cm³/mol.